The number of hydrazone groups is 1. The van der Waals surface area contributed by atoms with E-state index >= 15 is 0 Å². The van der Waals surface area contributed by atoms with E-state index in [9.17, 15) is 4.79 Å². The highest BCUT2D eigenvalue weighted by Crippen LogP contribution is 2.22. The molecule has 0 spiro atoms. The number of amides is 1. The molecule has 0 atom stereocenters. The highest BCUT2D eigenvalue weighted by Gasteiger charge is 2.08. The number of nitrogens with one attached hydrogen (secondary N) is 2. The average molecular weight is 420 g/mol. The van der Waals surface area contributed by atoms with Gasteiger partial charge in [0.2, 0.25) is 0 Å². The number of pyridine rings is 1. The number of hydrogen-bond acceptors (Lipinski definition) is 4. The van der Waals surface area contributed by atoms with E-state index < -0.39 is 0 Å². The molecule has 132 valence electrons. The maximum absolute atomic E-state index is 12.3. The monoisotopic (exact) mass is 419 g/mol. The van der Waals surface area contributed by atoms with Crippen LogP contribution in [-0.2, 0) is 0 Å². The highest BCUT2D eigenvalue weighted by atomic mass is 79.9. The smallest absolute Gasteiger partial charge is 0.277 e. The van der Waals surface area contributed by atoms with E-state index in [0.717, 1.165) is 32.2 Å². The molecule has 1 amide bonds. The molecule has 0 radical (unpaired) electrons. The lowest BCUT2D eigenvalue weighted by molar-refractivity contribution is 0.0950. The summed E-state index contributed by atoms with van der Waals surface area (Å²) < 4.78 is 0.996. The number of nitrogens with zero attached hydrogens (tertiary/aromatic N) is 3. The van der Waals surface area contributed by atoms with Gasteiger partial charge in [-0.25, -0.2) is 10.4 Å². The summed E-state index contributed by atoms with van der Waals surface area (Å²) in [6.45, 7) is 0. The van der Waals surface area contributed by atoms with Crippen molar-refractivity contribution in [3.8, 4) is 11.3 Å². The molecule has 0 fully saturated rings. The summed E-state index contributed by atoms with van der Waals surface area (Å²) in [5, 5.41) is 12.0. The predicted octanol–water partition coefficient (Wildman–Crippen LogP) is 4.15. The summed E-state index contributed by atoms with van der Waals surface area (Å²) in [5.74, 6) is -0.370. The van der Waals surface area contributed by atoms with Gasteiger partial charge in [0, 0.05) is 21.0 Å². The third-order valence-electron chi connectivity index (χ3n) is 4.00. The van der Waals surface area contributed by atoms with E-state index in [-0.39, 0.29) is 5.91 Å². The normalized spacial score (nSPS) is 11.1. The minimum Gasteiger partial charge on any atom is -0.277 e. The van der Waals surface area contributed by atoms with E-state index in [0.29, 0.717) is 5.69 Å². The second kappa shape index (κ2) is 7.51. The number of aromatic amines is 1. The first-order valence-corrected chi connectivity index (χ1v) is 8.98. The van der Waals surface area contributed by atoms with Crippen LogP contribution < -0.4 is 5.43 Å². The van der Waals surface area contributed by atoms with Gasteiger partial charge in [0.15, 0.2) is 0 Å². The van der Waals surface area contributed by atoms with Gasteiger partial charge >= 0.3 is 0 Å². The van der Waals surface area contributed by atoms with Crippen LogP contribution in [0.5, 0.6) is 0 Å². The van der Waals surface area contributed by atoms with E-state index in [4.69, 9.17) is 0 Å². The number of H-pyrrole nitrogens is 1. The first-order chi connectivity index (χ1) is 13.2. The van der Waals surface area contributed by atoms with Crippen LogP contribution >= 0.6 is 15.9 Å². The van der Waals surface area contributed by atoms with Crippen LogP contribution in [0.25, 0.3) is 22.2 Å². The SMILES string of the molecule is O=C(N/N=C\c1cn[nH]c1-c1ccc(Br)cc1)c1ccc2ccccc2n1. The Morgan fingerprint density at radius 1 is 1.07 bits per heavy atom. The molecule has 2 aromatic heterocycles. The lowest BCUT2D eigenvalue weighted by atomic mass is 10.1. The molecule has 2 aromatic carbocycles. The minimum absolute atomic E-state index is 0.311. The van der Waals surface area contributed by atoms with Crippen molar-refractivity contribution in [2.45, 2.75) is 0 Å². The Kier molecular flexibility index (Phi) is 4.76. The van der Waals surface area contributed by atoms with Gasteiger partial charge in [-0.15, -0.1) is 0 Å². The van der Waals surface area contributed by atoms with E-state index in [1.165, 1.54) is 0 Å². The first kappa shape index (κ1) is 17.1. The number of carbonyl (C=O) groups is 1. The van der Waals surface area contributed by atoms with Crippen molar-refractivity contribution >= 4 is 39.0 Å². The molecule has 4 aromatic rings. The van der Waals surface area contributed by atoms with Crippen LogP contribution in [0.4, 0.5) is 0 Å². The topological polar surface area (TPSA) is 83.0 Å². The fraction of sp³-hybridized carbons (Fsp3) is 0. The standard InChI is InChI=1S/C20H14BrN5O/c21-16-8-5-14(6-9-16)19-15(11-22-25-19)12-23-26-20(27)18-10-7-13-3-1-2-4-17(13)24-18/h1-12H,(H,22,25)(H,26,27)/b23-12-. The predicted molar refractivity (Wildman–Crippen MR) is 109 cm³/mol. The zero-order valence-corrected chi connectivity index (χ0v) is 15.6. The van der Waals surface area contributed by atoms with Crippen molar-refractivity contribution in [1.29, 1.82) is 0 Å². The van der Waals surface area contributed by atoms with Crippen molar-refractivity contribution in [3.63, 3.8) is 0 Å². The van der Waals surface area contributed by atoms with Gasteiger partial charge in [-0.05, 0) is 24.3 Å². The zero-order chi connectivity index (χ0) is 18.6. The number of aromatic nitrogens is 3. The highest BCUT2D eigenvalue weighted by molar-refractivity contribution is 9.10. The van der Waals surface area contributed by atoms with Gasteiger partial charge in [-0.1, -0.05) is 52.3 Å². The van der Waals surface area contributed by atoms with Crippen molar-refractivity contribution in [2.24, 2.45) is 5.10 Å². The lowest BCUT2D eigenvalue weighted by Gasteiger charge is -2.02. The molecule has 0 saturated heterocycles. The van der Waals surface area contributed by atoms with E-state index in [1.807, 2.05) is 54.6 Å². The van der Waals surface area contributed by atoms with Gasteiger partial charge in [0.05, 0.1) is 23.6 Å². The van der Waals surface area contributed by atoms with Gasteiger partial charge in [-0.3, -0.25) is 9.89 Å². The maximum atomic E-state index is 12.3. The molecule has 0 unspecified atom stereocenters. The molecule has 6 nitrogen and oxygen atoms in total. The van der Waals surface area contributed by atoms with E-state index in [2.05, 4.69) is 41.6 Å². The minimum atomic E-state index is -0.370. The number of halogens is 1. The Balaban J connectivity index is 1.50. The molecule has 0 bridgehead atoms. The number of carbonyl (C=O) groups excluding carboxylic acids is 1. The number of fused-ring (bicyclic) bond motifs is 1. The van der Waals surface area contributed by atoms with Gasteiger partial charge in [-0.2, -0.15) is 10.2 Å². The van der Waals surface area contributed by atoms with Gasteiger partial charge < -0.3 is 0 Å². The van der Waals surface area contributed by atoms with Crippen molar-refractivity contribution in [3.05, 3.63) is 82.6 Å². The number of rotatable bonds is 4. The quantitative estimate of drug-likeness (QED) is 0.384. The Bertz CT molecular complexity index is 1130. The summed E-state index contributed by atoms with van der Waals surface area (Å²) in [6.07, 6.45) is 3.21. The molecule has 7 heteroatoms. The molecule has 0 saturated carbocycles. The molecule has 0 aliphatic rings. The molecule has 4 rings (SSSR count). The summed E-state index contributed by atoms with van der Waals surface area (Å²) in [4.78, 5) is 16.6. The molecule has 2 N–H and O–H groups in total. The second-order valence-corrected chi connectivity index (χ2v) is 6.71. The van der Waals surface area contributed by atoms with Gasteiger partial charge in [0.1, 0.15) is 5.69 Å². The van der Waals surface area contributed by atoms with Crippen molar-refractivity contribution in [1.82, 2.24) is 20.6 Å². The Hall–Kier alpha value is -3.32. The van der Waals surface area contributed by atoms with Crippen LogP contribution in [0.15, 0.2) is 76.4 Å². The van der Waals surface area contributed by atoms with Crippen LogP contribution in [-0.4, -0.2) is 27.3 Å². The summed E-state index contributed by atoms with van der Waals surface area (Å²) in [7, 11) is 0. The Morgan fingerprint density at radius 2 is 1.89 bits per heavy atom. The van der Waals surface area contributed by atoms with Crippen LogP contribution in [0.2, 0.25) is 0 Å². The third-order valence-corrected chi connectivity index (χ3v) is 4.53. The average Bonchev–Trinajstić information content (AvgIpc) is 3.16. The summed E-state index contributed by atoms with van der Waals surface area (Å²) >= 11 is 3.42. The Morgan fingerprint density at radius 3 is 2.74 bits per heavy atom. The number of para-hydroxylation sites is 1. The molecule has 0 aliphatic heterocycles. The molecular formula is C20H14BrN5O. The fourth-order valence-corrected chi connectivity index (χ4v) is 2.92. The van der Waals surface area contributed by atoms with Crippen molar-refractivity contribution < 1.29 is 4.79 Å². The Labute approximate surface area is 163 Å². The second-order valence-electron chi connectivity index (χ2n) is 5.80. The summed E-state index contributed by atoms with van der Waals surface area (Å²) in [6, 6.07) is 19.0. The van der Waals surface area contributed by atoms with Gasteiger partial charge in [0.25, 0.3) is 5.91 Å². The molecular weight excluding hydrogens is 406 g/mol. The van der Waals surface area contributed by atoms with Crippen LogP contribution in [0.3, 0.4) is 0 Å². The largest absolute Gasteiger partial charge is 0.289 e. The van der Waals surface area contributed by atoms with Crippen molar-refractivity contribution in [2.75, 3.05) is 0 Å². The maximum Gasteiger partial charge on any atom is 0.289 e. The van der Waals surface area contributed by atoms with Crippen LogP contribution in [0, 0.1) is 0 Å². The fourth-order valence-electron chi connectivity index (χ4n) is 2.65. The zero-order valence-electron chi connectivity index (χ0n) is 14.1. The van der Waals surface area contributed by atoms with E-state index in [1.54, 1.807) is 18.5 Å². The first-order valence-electron chi connectivity index (χ1n) is 8.19. The molecule has 0 aliphatic carbocycles. The lowest BCUT2D eigenvalue weighted by Crippen LogP contribution is -2.18. The number of hydrogen-bond donors (Lipinski definition) is 2. The van der Waals surface area contributed by atoms with Crippen LogP contribution in [0.1, 0.15) is 16.1 Å². The third kappa shape index (κ3) is 3.78. The number of benzene rings is 2. The molecule has 2 heterocycles. The summed E-state index contributed by atoms with van der Waals surface area (Å²) in [5.41, 5.74) is 6.15. The molecule has 27 heavy (non-hydrogen) atoms.